The van der Waals surface area contributed by atoms with E-state index in [-0.39, 0.29) is 0 Å². The first-order valence-electron chi connectivity index (χ1n) is 12.7. The van der Waals surface area contributed by atoms with Gasteiger partial charge in [-0.25, -0.2) is 0 Å². The molecule has 37 heavy (non-hydrogen) atoms. The molecule has 0 aliphatic carbocycles. The first-order valence-corrected chi connectivity index (χ1v) is 13.5. The highest BCUT2D eigenvalue weighted by Gasteiger charge is 2.16. The fraction of sp³-hybridized carbons (Fsp3) is 0. The zero-order chi connectivity index (χ0) is 24.3. The molecule has 0 radical (unpaired) electrons. The summed E-state index contributed by atoms with van der Waals surface area (Å²) in [5, 5.41) is 10.6. The molecule has 8 aromatic rings. The molecule has 0 bridgehead atoms. The standard InChI is InChI=1S/C36H22S/c1-2-9-23(10-3-1)25-17-20-32-34(22-25)37-36-31-19-18-26(28-16-8-12-24-11-4-5-13-27(24)28)21-33(31)29-14-6-7-15-30(29)35(32)36/h1-22H. The third-order valence-corrected chi connectivity index (χ3v) is 8.83. The maximum atomic E-state index is 2.40. The third-order valence-electron chi connectivity index (χ3n) is 7.65. The van der Waals surface area contributed by atoms with Crippen LogP contribution in [0.5, 0.6) is 0 Å². The molecule has 0 aliphatic heterocycles. The van der Waals surface area contributed by atoms with Gasteiger partial charge in [-0.3, -0.25) is 0 Å². The zero-order valence-electron chi connectivity index (χ0n) is 20.1. The lowest BCUT2D eigenvalue weighted by molar-refractivity contribution is 1.66. The predicted octanol–water partition coefficient (Wildman–Crippen LogP) is 10.8. The molecular formula is C36H22S. The second kappa shape index (κ2) is 8.03. The zero-order valence-corrected chi connectivity index (χ0v) is 20.9. The van der Waals surface area contributed by atoms with Crippen molar-refractivity contribution in [3.05, 3.63) is 133 Å². The van der Waals surface area contributed by atoms with Crippen LogP contribution in [0.4, 0.5) is 0 Å². The summed E-state index contributed by atoms with van der Waals surface area (Å²) in [6.07, 6.45) is 0. The number of hydrogen-bond donors (Lipinski definition) is 0. The molecule has 0 fully saturated rings. The molecule has 1 heteroatoms. The van der Waals surface area contributed by atoms with Crippen LogP contribution in [0.25, 0.3) is 74.7 Å². The van der Waals surface area contributed by atoms with Crippen LogP contribution in [0.1, 0.15) is 0 Å². The molecule has 0 unspecified atom stereocenters. The molecule has 8 rings (SSSR count). The van der Waals surface area contributed by atoms with Crippen molar-refractivity contribution in [1.82, 2.24) is 0 Å². The first-order chi connectivity index (χ1) is 18.3. The van der Waals surface area contributed by atoms with E-state index in [1.807, 2.05) is 11.3 Å². The van der Waals surface area contributed by atoms with Gasteiger partial charge in [0.15, 0.2) is 0 Å². The number of hydrogen-bond acceptors (Lipinski definition) is 1. The van der Waals surface area contributed by atoms with E-state index in [1.165, 1.54) is 74.7 Å². The molecule has 0 atom stereocenters. The van der Waals surface area contributed by atoms with Crippen LogP contribution in [0.3, 0.4) is 0 Å². The van der Waals surface area contributed by atoms with Crippen LogP contribution >= 0.6 is 11.3 Å². The Hall–Kier alpha value is -4.46. The average molecular weight is 487 g/mol. The molecule has 0 spiro atoms. The van der Waals surface area contributed by atoms with E-state index in [9.17, 15) is 0 Å². The number of fused-ring (bicyclic) bond motifs is 9. The highest BCUT2D eigenvalue weighted by molar-refractivity contribution is 7.27. The van der Waals surface area contributed by atoms with E-state index in [4.69, 9.17) is 0 Å². The molecule has 0 aliphatic rings. The molecule has 1 aromatic heterocycles. The molecule has 0 N–H and O–H groups in total. The van der Waals surface area contributed by atoms with Gasteiger partial charge < -0.3 is 0 Å². The molecular weight excluding hydrogens is 464 g/mol. The number of rotatable bonds is 2. The number of benzene rings is 7. The topological polar surface area (TPSA) is 0 Å². The Balaban J connectivity index is 1.44. The van der Waals surface area contributed by atoms with E-state index in [1.54, 1.807) is 0 Å². The van der Waals surface area contributed by atoms with Gasteiger partial charge in [-0.1, -0.05) is 121 Å². The van der Waals surface area contributed by atoms with Crippen LogP contribution in [0.15, 0.2) is 133 Å². The molecule has 0 nitrogen and oxygen atoms in total. The van der Waals surface area contributed by atoms with E-state index in [2.05, 4.69) is 133 Å². The van der Waals surface area contributed by atoms with Crippen LogP contribution < -0.4 is 0 Å². The minimum atomic E-state index is 1.26. The smallest absolute Gasteiger partial charge is 0.0440 e. The third kappa shape index (κ3) is 3.15. The first kappa shape index (κ1) is 20.7. The van der Waals surface area contributed by atoms with Gasteiger partial charge in [0.05, 0.1) is 0 Å². The van der Waals surface area contributed by atoms with Crippen LogP contribution in [-0.4, -0.2) is 0 Å². The Bertz CT molecular complexity index is 2130. The van der Waals surface area contributed by atoms with Gasteiger partial charge in [0.2, 0.25) is 0 Å². The maximum Gasteiger partial charge on any atom is 0.0440 e. The van der Waals surface area contributed by atoms with Crippen molar-refractivity contribution in [1.29, 1.82) is 0 Å². The van der Waals surface area contributed by atoms with Gasteiger partial charge in [-0.05, 0) is 61.3 Å². The van der Waals surface area contributed by atoms with Crippen molar-refractivity contribution in [3.63, 3.8) is 0 Å². The van der Waals surface area contributed by atoms with Gasteiger partial charge >= 0.3 is 0 Å². The van der Waals surface area contributed by atoms with Crippen LogP contribution in [0, 0.1) is 0 Å². The van der Waals surface area contributed by atoms with Crippen LogP contribution in [0.2, 0.25) is 0 Å². The second-order valence-electron chi connectivity index (χ2n) is 9.72. The molecule has 0 amide bonds. The summed E-state index contributed by atoms with van der Waals surface area (Å²) < 4.78 is 2.71. The Morgan fingerprint density at radius 1 is 0.378 bits per heavy atom. The Morgan fingerprint density at radius 2 is 1.08 bits per heavy atom. The van der Waals surface area contributed by atoms with E-state index < -0.39 is 0 Å². The van der Waals surface area contributed by atoms with E-state index in [0.717, 1.165) is 0 Å². The van der Waals surface area contributed by atoms with Gasteiger partial charge in [-0.2, -0.15) is 0 Å². The minimum Gasteiger partial charge on any atom is -0.134 e. The summed E-state index contributed by atoms with van der Waals surface area (Å²) in [7, 11) is 0. The van der Waals surface area contributed by atoms with E-state index >= 15 is 0 Å². The van der Waals surface area contributed by atoms with Crippen molar-refractivity contribution in [2.45, 2.75) is 0 Å². The monoisotopic (exact) mass is 486 g/mol. The van der Waals surface area contributed by atoms with Gasteiger partial charge in [0, 0.05) is 25.6 Å². The predicted molar refractivity (Wildman–Crippen MR) is 163 cm³/mol. The SMILES string of the molecule is c1ccc(-c2ccc3c(c2)sc2c4ccc(-c5cccc6ccccc56)cc4c4ccccc4c32)cc1. The van der Waals surface area contributed by atoms with Crippen molar-refractivity contribution in [3.8, 4) is 22.3 Å². The van der Waals surface area contributed by atoms with Gasteiger partial charge in [-0.15, -0.1) is 11.3 Å². The normalized spacial score (nSPS) is 11.8. The van der Waals surface area contributed by atoms with Crippen LogP contribution in [-0.2, 0) is 0 Å². The molecule has 0 saturated heterocycles. The lowest BCUT2D eigenvalue weighted by atomic mass is 9.92. The second-order valence-corrected chi connectivity index (χ2v) is 10.8. The summed E-state index contributed by atoms with van der Waals surface area (Å²) in [6, 6.07) is 48.9. The lowest BCUT2D eigenvalue weighted by Gasteiger charge is -2.11. The highest BCUT2D eigenvalue weighted by atomic mass is 32.1. The average Bonchev–Trinajstić information content (AvgIpc) is 3.36. The Morgan fingerprint density at radius 3 is 1.97 bits per heavy atom. The van der Waals surface area contributed by atoms with Crippen molar-refractivity contribution >= 4 is 63.8 Å². The summed E-state index contributed by atoms with van der Waals surface area (Å²) in [5.74, 6) is 0. The molecule has 172 valence electrons. The molecule has 1 heterocycles. The van der Waals surface area contributed by atoms with Gasteiger partial charge in [0.1, 0.15) is 0 Å². The largest absolute Gasteiger partial charge is 0.134 e. The van der Waals surface area contributed by atoms with Crippen molar-refractivity contribution in [2.75, 3.05) is 0 Å². The highest BCUT2D eigenvalue weighted by Crippen LogP contribution is 2.45. The summed E-state index contributed by atoms with van der Waals surface area (Å²) in [4.78, 5) is 0. The van der Waals surface area contributed by atoms with Crippen molar-refractivity contribution < 1.29 is 0 Å². The molecule has 7 aromatic carbocycles. The molecule has 0 saturated carbocycles. The lowest BCUT2D eigenvalue weighted by Crippen LogP contribution is -1.84. The number of thiophene rings is 1. The van der Waals surface area contributed by atoms with E-state index in [0.29, 0.717) is 0 Å². The fourth-order valence-electron chi connectivity index (χ4n) is 5.91. The Kier molecular flexibility index (Phi) is 4.49. The quantitative estimate of drug-likeness (QED) is 0.213. The fourth-order valence-corrected chi connectivity index (χ4v) is 7.21. The summed E-state index contributed by atoms with van der Waals surface area (Å²) in [5.41, 5.74) is 5.08. The summed E-state index contributed by atoms with van der Waals surface area (Å²) in [6.45, 7) is 0. The van der Waals surface area contributed by atoms with Gasteiger partial charge in [0.25, 0.3) is 0 Å². The Labute approximate surface area is 219 Å². The summed E-state index contributed by atoms with van der Waals surface area (Å²) >= 11 is 1.92. The minimum absolute atomic E-state index is 1.26. The van der Waals surface area contributed by atoms with Crippen molar-refractivity contribution in [2.24, 2.45) is 0 Å². The maximum absolute atomic E-state index is 2.40.